The molecule has 1 rings (SSSR count). The van der Waals surface area contributed by atoms with Crippen molar-refractivity contribution in [1.29, 1.82) is 0 Å². The van der Waals surface area contributed by atoms with Gasteiger partial charge in [-0.15, -0.1) is 11.6 Å². The van der Waals surface area contributed by atoms with E-state index in [-0.39, 0.29) is 11.8 Å². The Labute approximate surface area is 81.8 Å². The van der Waals surface area contributed by atoms with Gasteiger partial charge < -0.3 is 11.1 Å². The molecule has 1 aliphatic rings. The Hall–Kier alpha value is -0.770. The number of carbonyl (C=O) groups is 2. The van der Waals surface area contributed by atoms with Gasteiger partial charge in [0, 0.05) is 0 Å². The van der Waals surface area contributed by atoms with Crippen molar-refractivity contribution in [3.05, 3.63) is 0 Å². The molecular weight excluding hydrogens is 192 g/mol. The van der Waals surface area contributed by atoms with Crippen molar-refractivity contribution in [3.63, 3.8) is 0 Å². The molecule has 0 bridgehead atoms. The Bertz CT molecular complexity index is 224. The Morgan fingerprint density at radius 1 is 1.38 bits per heavy atom. The van der Waals surface area contributed by atoms with E-state index in [1.54, 1.807) is 0 Å². The van der Waals surface area contributed by atoms with E-state index in [1.807, 2.05) is 0 Å². The number of amides is 2. The molecule has 0 aliphatic heterocycles. The smallest absolute Gasteiger partial charge is 0.243 e. The summed E-state index contributed by atoms with van der Waals surface area (Å²) in [6.45, 7) is 0. The Balaban J connectivity index is 2.68. The van der Waals surface area contributed by atoms with Crippen LogP contribution in [0.1, 0.15) is 25.7 Å². The summed E-state index contributed by atoms with van der Waals surface area (Å²) in [4.78, 5) is 22.2. The predicted molar refractivity (Wildman–Crippen MR) is 49.3 cm³/mol. The van der Waals surface area contributed by atoms with Crippen molar-refractivity contribution in [3.8, 4) is 0 Å². The van der Waals surface area contributed by atoms with Gasteiger partial charge in [-0.25, -0.2) is 0 Å². The minimum atomic E-state index is -0.827. The average Bonchev–Trinajstić information content (AvgIpc) is 2.54. The Kier molecular flexibility index (Phi) is 3.14. The van der Waals surface area contributed by atoms with E-state index in [4.69, 9.17) is 17.3 Å². The lowest BCUT2D eigenvalue weighted by molar-refractivity contribution is -0.130. The van der Waals surface area contributed by atoms with Crippen molar-refractivity contribution in [2.75, 3.05) is 5.88 Å². The zero-order valence-electron chi connectivity index (χ0n) is 7.31. The second kappa shape index (κ2) is 3.96. The van der Waals surface area contributed by atoms with Crippen LogP contribution in [0.4, 0.5) is 0 Å². The molecule has 3 N–H and O–H groups in total. The van der Waals surface area contributed by atoms with Crippen LogP contribution >= 0.6 is 11.6 Å². The minimum Gasteiger partial charge on any atom is -0.368 e. The SMILES string of the molecule is NC(=O)C1(NC(=O)CCl)CCCC1. The largest absolute Gasteiger partial charge is 0.368 e. The fourth-order valence-electron chi connectivity index (χ4n) is 1.71. The van der Waals surface area contributed by atoms with E-state index < -0.39 is 11.4 Å². The lowest BCUT2D eigenvalue weighted by Gasteiger charge is -2.25. The molecule has 13 heavy (non-hydrogen) atoms. The highest BCUT2D eigenvalue weighted by Crippen LogP contribution is 2.29. The second-order valence-corrected chi connectivity index (χ2v) is 3.60. The summed E-state index contributed by atoms with van der Waals surface area (Å²) in [7, 11) is 0. The molecule has 74 valence electrons. The van der Waals surface area contributed by atoms with Gasteiger partial charge in [0.15, 0.2) is 0 Å². The molecule has 1 aliphatic carbocycles. The summed E-state index contributed by atoms with van der Waals surface area (Å²) in [5.41, 5.74) is 4.41. The molecular formula is C8H13ClN2O2. The Morgan fingerprint density at radius 2 is 1.92 bits per heavy atom. The third-order valence-corrected chi connectivity index (χ3v) is 2.67. The van der Waals surface area contributed by atoms with E-state index in [0.717, 1.165) is 12.8 Å². The standard InChI is InChI=1S/C8H13ClN2O2/c9-5-6(12)11-8(7(10)13)3-1-2-4-8/h1-5H2,(H2,10,13)(H,11,12). The van der Waals surface area contributed by atoms with Crippen LogP contribution in [0.25, 0.3) is 0 Å². The van der Waals surface area contributed by atoms with Crippen LogP contribution in [0.3, 0.4) is 0 Å². The summed E-state index contributed by atoms with van der Waals surface area (Å²) in [6.07, 6.45) is 3.10. The molecule has 5 heteroatoms. The maximum Gasteiger partial charge on any atom is 0.243 e. The highest BCUT2D eigenvalue weighted by atomic mass is 35.5. The van der Waals surface area contributed by atoms with Gasteiger partial charge in [0.05, 0.1) is 0 Å². The number of nitrogens with two attached hydrogens (primary N) is 1. The summed E-state index contributed by atoms with van der Waals surface area (Å²) in [6, 6.07) is 0. The predicted octanol–water partition coefficient (Wildman–Crippen LogP) is 0.139. The van der Waals surface area contributed by atoms with Crippen molar-refractivity contribution >= 4 is 23.4 Å². The van der Waals surface area contributed by atoms with E-state index in [1.165, 1.54) is 0 Å². The van der Waals surface area contributed by atoms with Crippen molar-refractivity contribution in [2.24, 2.45) is 5.73 Å². The topological polar surface area (TPSA) is 72.2 Å². The molecule has 0 radical (unpaired) electrons. The number of carbonyl (C=O) groups excluding carboxylic acids is 2. The fourth-order valence-corrected chi connectivity index (χ4v) is 1.78. The third-order valence-electron chi connectivity index (χ3n) is 2.43. The van der Waals surface area contributed by atoms with Gasteiger partial charge in [-0.2, -0.15) is 0 Å². The number of alkyl halides is 1. The summed E-state index contributed by atoms with van der Waals surface area (Å²) >= 11 is 5.33. The van der Waals surface area contributed by atoms with Gasteiger partial charge >= 0.3 is 0 Å². The fraction of sp³-hybridized carbons (Fsp3) is 0.750. The lowest BCUT2D eigenvalue weighted by atomic mass is 9.97. The maximum absolute atomic E-state index is 11.1. The van der Waals surface area contributed by atoms with Gasteiger partial charge in [-0.3, -0.25) is 9.59 Å². The molecule has 1 saturated carbocycles. The van der Waals surface area contributed by atoms with Crippen LogP contribution in [0.15, 0.2) is 0 Å². The molecule has 4 nitrogen and oxygen atoms in total. The number of rotatable bonds is 3. The van der Waals surface area contributed by atoms with Gasteiger partial charge in [0.2, 0.25) is 11.8 Å². The molecule has 0 saturated heterocycles. The molecule has 2 amide bonds. The average molecular weight is 205 g/mol. The molecule has 0 atom stereocenters. The second-order valence-electron chi connectivity index (χ2n) is 3.34. The number of halogens is 1. The molecule has 0 aromatic heterocycles. The molecule has 0 heterocycles. The van der Waals surface area contributed by atoms with E-state index in [9.17, 15) is 9.59 Å². The monoisotopic (exact) mass is 204 g/mol. The molecule has 1 fully saturated rings. The highest BCUT2D eigenvalue weighted by Gasteiger charge is 2.40. The van der Waals surface area contributed by atoms with E-state index >= 15 is 0 Å². The van der Waals surface area contributed by atoms with Gasteiger partial charge in [-0.05, 0) is 12.8 Å². The van der Waals surface area contributed by atoms with Crippen molar-refractivity contribution < 1.29 is 9.59 Å². The molecule has 0 aromatic rings. The van der Waals surface area contributed by atoms with Crippen LogP contribution < -0.4 is 11.1 Å². The minimum absolute atomic E-state index is 0.130. The Morgan fingerprint density at radius 3 is 2.31 bits per heavy atom. The maximum atomic E-state index is 11.1. The summed E-state index contributed by atoms with van der Waals surface area (Å²) in [5.74, 6) is -0.916. The van der Waals surface area contributed by atoms with Gasteiger partial charge in [-0.1, -0.05) is 12.8 Å². The first kappa shape index (κ1) is 10.3. The van der Waals surface area contributed by atoms with Crippen molar-refractivity contribution in [2.45, 2.75) is 31.2 Å². The van der Waals surface area contributed by atoms with Crippen molar-refractivity contribution in [1.82, 2.24) is 5.32 Å². The first-order valence-corrected chi connectivity index (χ1v) is 4.81. The molecule has 0 spiro atoms. The number of hydrogen-bond donors (Lipinski definition) is 2. The highest BCUT2D eigenvalue weighted by molar-refractivity contribution is 6.27. The quantitative estimate of drug-likeness (QED) is 0.642. The number of nitrogens with one attached hydrogen (secondary N) is 1. The van der Waals surface area contributed by atoms with Gasteiger partial charge in [0.1, 0.15) is 11.4 Å². The number of hydrogen-bond acceptors (Lipinski definition) is 2. The first-order valence-electron chi connectivity index (χ1n) is 4.27. The summed E-state index contributed by atoms with van der Waals surface area (Å²) < 4.78 is 0. The van der Waals surface area contributed by atoms with E-state index in [2.05, 4.69) is 5.32 Å². The zero-order valence-corrected chi connectivity index (χ0v) is 8.06. The molecule has 0 unspecified atom stereocenters. The molecule has 0 aromatic carbocycles. The number of primary amides is 1. The van der Waals surface area contributed by atoms with Gasteiger partial charge in [0.25, 0.3) is 0 Å². The first-order chi connectivity index (χ1) is 6.10. The van der Waals surface area contributed by atoms with Crippen LogP contribution in [-0.2, 0) is 9.59 Å². The van der Waals surface area contributed by atoms with Crippen LogP contribution in [0, 0.1) is 0 Å². The van der Waals surface area contributed by atoms with Crippen LogP contribution in [0.5, 0.6) is 0 Å². The zero-order chi connectivity index (χ0) is 9.90. The normalized spacial score (nSPS) is 19.8. The summed E-state index contributed by atoms with van der Waals surface area (Å²) in [5, 5.41) is 2.60. The van der Waals surface area contributed by atoms with Crippen LogP contribution in [0.2, 0.25) is 0 Å². The van der Waals surface area contributed by atoms with E-state index in [0.29, 0.717) is 12.8 Å². The van der Waals surface area contributed by atoms with Crippen LogP contribution in [-0.4, -0.2) is 23.2 Å². The lowest BCUT2D eigenvalue weighted by Crippen LogP contribution is -2.55. The third kappa shape index (κ3) is 2.12.